The van der Waals surface area contributed by atoms with Crippen LogP contribution in [0.5, 0.6) is 5.75 Å². The second kappa shape index (κ2) is 21.3. The molecule has 1 aliphatic heterocycles. The number of ether oxygens (including phenoxy) is 10. The molecule has 2 rings (SSSR count). The average molecular weight is 743 g/mol. The molecule has 20 heteroatoms. The van der Waals surface area contributed by atoms with E-state index in [2.05, 4.69) is 26.3 Å². The minimum Gasteiger partial charge on any atom is -0.459 e. The molecule has 1 aliphatic rings. The minimum absolute atomic E-state index is 0.138. The first-order chi connectivity index (χ1) is 24.4. The number of rotatable bonds is 18. The maximum absolute atomic E-state index is 13.3. The van der Waals surface area contributed by atoms with Crippen LogP contribution in [0.4, 0.5) is 24.9 Å². The number of amides is 1. The lowest BCUT2D eigenvalue weighted by molar-refractivity contribution is -0.387. The molecule has 0 spiro atoms. The van der Waals surface area contributed by atoms with Gasteiger partial charge < -0.3 is 47.4 Å². The van der Waals surface area contributed by atoms with Gasteiger partial charge in [0, 0.05) is 13.1 Å². The van der Waals surface area contributed by atoms with Gasteiger partial charge in [-0.05, 0) is 11.6 Å². The van der Waals surface area contributed by atoms with Crippen molar-refractivity contribution in [2.24, 2.45) is 0 Å². The third-order valence-electron chi connectivity index (χ3n) is 6.04. The summed E-state index contributed by atoms with van der Waals surface area (Å²) in [6.45, 7) is 11.8. The fourth-order valence-corrected chi connectivity index (χ4v) is 3.94. The molecule has 1 fully saturated rings. The molecule has 5 atom stereocenters. The van der Waals surface area contributed by atoms with Crippen LogP contribution in [-0.4, -0.2) is 111 Å². The Morgan fingerprint density at radius 1 is 0.824 bits per heavy atom. The number of halogens is 1. The van der Waals surface area contributed by atoms with Gasteiger partial charge in [-0.2, -0.15) is 0 Å². The summed E-state index contributed by atoms with van der Waals surface area (Å²) in [6, 6.07) is 3.18. The Hall–Kier alpha value is -5.82. The SMILES string of the molecule is C=CCOC(=O)O[C@@H]1[C@@H](OC(=O)OCC=C)[C@H](Oc2ccc(COC(=O)N(C)CCl)cc2[N+](=O)[O-])O[C@H](C(=O)OCC=C)[C@H]1OC(=O)OCC=C. The van der Waals surface area contributed by atoms with Crippen LogP contribution in [0, 0.1) is 10.1 Å². The third kappa shape index (κ3) is 12.9. The number of nitro groups is 1. The molecule has 1 saturated heterocycles. The summed E-state index contributed by atoms with van der Waals surface area (Å²) in [7, 11) is 1.36. The molecule has 1 aromatic rings. The summed E-state index contributed by atoms with van der Waals surface area (Å²) in [5, 5.41) is 12.1. The van der Waals surface area contributed by atoms with E-state index in [1.807, 2.05) is 0 Å². The number of esters is 1. The fourth-order valence-electron chi connectivity index (χ4n) is 3.85. The van der Waals surface area contributed by atoms with Gasteiger partial charge >= 0.3 is 36.2 Å². The molecule has 0 bridgehead atoms. The van der Waals surface area contributed by atoms with Crippen LogP contribution < -0.4 is 4.74 Å². The smallest absolute Gasteiger partial charge is 0.459 e. The van der Waals surface area contributed by atoms with Crippen LogP contribution in [0.3, 0.4) is 0 Å². The number of carbonyl (C=O) groups is 5. The molecule has 1 heterocycles. The van der Waals surface area contributed by atoms with Crippen LogP contribution in [-0.2, 0) is 54.0 Å². The first kappa shape index (κ1) is 41.4. The molecule has 0 radical (unpaired) electrons. The van der Waals surface area contributed by atoms with Crippen LogP contribution >= 0.6 is 11.6 Å². The zero-order valence-corrected chi connectivity index (χ0v) is 28.0. The van der Waals surface area contributed by atoms with E-state index in [0.29, 0.717) is 0 Å². The van der Waals surface area contributed by atoms with E-state index in [-0.39, 0.29) is 38.0 Å². The minimum atomic E-state index is -2.07. The van der Waals surface area contributed by atoms with Crippen molar-refractivity contribution in [2.75, 3.05) is 39.5 Å². The topological polar surface area (TPSA) is 224 Å². The molecular formula is C31H35ClN2O17. The van der Waals surface area contributed by atoms with E-state index in [0.717, 1.165) is 17.0 Å². The normalized spacial score (nSPS) is 19.1. The van der Waals surface area contributed by atoms with Crippen molar-refractivity contribution < 1.29 is 76.3 Å². The summed E-state index contributed by atoms with van der Waals surface area (Å²) in [5.74, 6) is -1.78. The van der Waals surface area contributed by atoms with Crippen LogP contribution in [0.25, 0.3) is 0 Å². The lowest BCUT2D eigenvalue weighted by Gasteiger charge is -2.42. The molecule has 0 aromatic heterocycles. The van der Waals surface area contributed by atoms with Gasteiger partial charge in [0.15, 0.2) is 24.1 Å². The van der Waals surface area contributed by atoms with Crippen molar-refractivity contribution in [3.05, 3.63) is 84.5 Å². The standard InChI is InChI=1S/C31H35ClN2O17/c1-6-12-42-26(35)24-22(49-29(37)43-13-7-2)23(50-30(38)44-14-8-3)25(51-31(39)45-15-9-4)27(48-24)47-21-11-10-19(16-20(21)34(40)41)17-46-28(36)33(5)18-32/h6-11,16,22-25,27H,1-4,12-15,17-18H2,5H3/t22-,23-,24-,25+,27+/m0/s1. The van der Waals surface area contributed by atoms with E-state index in [1.54, 1.807) is 0 Å². The number of hydrogen-bond donors (Lipinski definition) is 0. The van der Waals surface area contributed by atoms with Crippen molar-refractivity contribution in [1.29, 1.82) is 0 Å². The first-order valence-corrected chi connectivity index (χ1v) is 15.1. The number of benzene rings is 1. The highest BCUT2D eigenvalue weighted by Crippen LogP contribution is 2.35. The summed E-state index contributed by atoms with van der Waals surface area (Å²) in [6.07, 6.45) is -10.5. The maximum Gasteiger partial charge on any atom is 0.509 e. The number of carbonyl (C=O) groups excluding carboxylic acids is 5. The Morgan fingerprint density at radius 2 is 1.33 bits per heavy atom. The van der Waals surface area contributed by atoms with E-state index in [1.165, 1.54) is 37.4 Å². The number of alkyl halides is 1. The summed E-state index contributed by atoms with van der Waals surface area (Å²) < 4.78 is 52.3. The molecular weight excluding hydrogens is 708 g/mol. The zero-order valence-electron chi connectivity index (χ0n) is 27.2. The first-order valence-electron chi connectivity index (χ1n) is 14.5. The Labute approximate surface area is 295 Å². The van der Waals surface area contributed by atoms with Crippen molar-refractivity contribution in [3.8, 4) is 5.75 Å². The average Bonchev–Trinajstić information content (AvgIpc) is 3.11. The van der Waals surface area contributed by atoms with Crippen LogP contribution in [0.1, 0.15) is 5.56 Å². The summed E-state index contributed by atoms with van der Waals surface area (Å²) in [5.41, 5.74) is -0.579. The van der Waals surface area contributed by atoms with Crippen LogP contribution in [0.2, 0.25) is 0 Å². The summed E-state index contributed by atoms with van der Waals surface area (Å²) >= 11 is 5.60. The van der Waals surface area contributed by atoms with E-state index in [4.69, 9.17) is 59.0 Å². The lowest BCUT2D eigenvalue weighted by atomic mass is 9.98. The van der Waals surface area contributed by atoms with Crippen LogP contribution in [0.15, 0.2) is 68.8 Å². The van der Waals surface area contributed by atoms with Gasteiger partial charge in [-0.3, -0.25) is 15.0 Å². The molecule has 0 saturated carbocycles. The number of nitro benzene ring substituents is 1. The number of hydrogen-bond acceptors (Lipinski definition) is 17. The second-order valence-corrected chi connectivity index (χ2v) is 9.93. The second-order valence-electron chi connectivity index (χ2n) is 9.69. The third-order valence-corrected chi connectivity index (χ3v) is 6.40. The fraction of sp³-hybridized carbons (Fsp3) is 0.387. The highest BCUT2D eigenvalue weighted by atomic mass is 35.5. The van der Waals surface area contributed by atoms with Gasteiger partial charge in [-0.15, -0.1) is 11.6 Å². The predicted molar refractivity (Wildman–Crippen MR) is 171 cm³/mol. The Balaban J connectivity index is 2.68. The largest absolute Gasteiger partial charge is 0.509 e. The number of nitrogens with zero attached hydrogens (tertiary/aromatic N) is 2. The Kier molecular flexibility index (Phi) is 17.3. The molecule has 1 aromatic carbocycles. The van der Waals surface area contributed by atoms with Crippen molar-refractivity contribution in [2.45, 2.75) is 37.3 Å². The molecule has 278 valence electrons. The van der Waals surface area contributed by atoms with Gasteiger partial charge in [0.1, 0.15) is 33.0 Å². The van der Waals surface area contributed by atoms with Crippen molar-refractivity contribution in [3.63, 3.8) is 0 Å². The van der Waals surface area contributed by atoms with Gasteiger partial charge in [-0.25, -0.2) is 24.0 Å². The molecule has 0 N–H and O–H groups in total. The van der Waals surface area contributed by atoms with Crippen molar-refractivity contribution in [1.82, 2.24) is 4.90 Å². The highest BCUT2D eigenvalue weighted by Gasteiger charge is 2.57. The van der Waals surface area contributed by atoms with E-state index >= 15 is 0 Å². The van der Waals surface area contributed by atoms with Gasteiger partial charge in [0.25, 0.3) is 0 Å². The zero-order chi connectivity index (χ0) is 37.9. The molecule has 1 amide bonds. The lowest BCUT2D eigenvalue weighted by Crippen LogP contribution is -2.64. The molecule has 19 nitrogen and oxygen atoms in total. The molecule has 0 unspecified atom stereocenters. The summed E-state index contributed by atoms with van der Waals surface area (Å²) in [4.78, 5) is 75.6. The Morgan fingerprint density at radius 3 is 1.84 bits per heavy atom. The highest BCUT2D eigenvalue weighted by molar-refractivity contribution is 6.18. The quantitative estimate of drug-likeness (QED) is 0.0388. The predicted octanol–water partition coefficient (Wildman–Crippen LogP) is 4.32. The molecule has 0 aliphatic carbocycles. The molecule has 51 heavy (non-hydrogen) atoms. The van der Waals surface area contributed by atoms with E-state index < -0.39 is 84.2 Å². The van der Waals surface area contributed by atoms with Gasteiger partial charge in [0.05, 0.1) is 10.9 Å². The van der Waals surface area contributed by atoms with Gasteiger partial charge in [0.2, 0.25) is 12.4 Å². The van der Waals surface area contributed by atoms with E-state index in [9.17, 15) is 34.1 Å². The maximum atomic E-state index is 13.3. The van der Waals surface area contributed by atoms with Crippen molar-refractivity contribution >= 4 is 47.8 Å². The Bertz CT molecular complexity index is 1450. The monoisotopic (exact) mass is 742 g/mol. The van der Waals surface area contributed by atoms with Gasteiger partial charge in [-0.1, -0.05) is 56.7 Å².